The maximum atomic E-state index is 13.0. The van der Waals surface area contributed by atoms with Crippen LogP contribution in [0.2, 0.25) is 0 Å². The summed E-state index contributed by atoms with van der Waals surface area (Å²) in [4.78, 5) is 17.2. The highest BCUT2D eigenvalue weighted by Crippen LogP contribution is 2.30. The molecule has 3 heterocycles. The van der Waals surface area contributed by atoms with Crippen molar-refractivity contribution in [2.24, 2.45) is 0 Å². The Morgan fingerprint density at radius 1 is 1.06 bits per heavy atom. The van der Waals surface area contributed by atoms with Gasteiger partial charge in [-0.05, 0) is 48.7 Å². The van der Waals surface area contributed by atoms with Crippen LogP contribution in [0.5, 0.6) is 0 Å². The van der Waals surface area contributed by atoms with E-state index in [-0.39, 0.29) is 11.8 Å². The van der Waals surface area contributed by atoms with Gasteiger partial charge in [0, 0.05) is 22.1 Å². The van der Waals surface area contributed by atoms with Crippen molar-refractivity contribution in [1.29, 1.82) is 0 Å². The second-order valence-corrected chi connectivity index (χ2v) is 8.05. The van der Waals surface area contributed by atoms with Crippen LogP contribution in [0.25, 0.3) is 33.5 Å². The summed E-state index contributed by atoms with van der Waals surface area (Å²) in [7, 11) is 0. The van der Waals surface area contributed by atoms with E-state index in [2.05, 4.69) is 36.8 Å². The van der Waals surface area contributed by atoms with Crippen LogP contribution in [0.1, 0.15) is 23.2 Å². The van der Waals surface area contributed by atoms with Crippen LogP contribution in [0.3, 0.4) is 0 Å². The summed E-state index contributed by atoms with van der Waals surface area (Å²) in [6.07, 6.45) is 12.3. The number of ether oxygens (including phenoxy) is 2. The fourth-order valence-electron chi connectivity index (χ4n) is 4.04. The number of aromatic nitrogens is 5. The van der Waals surface area contributed by atoms with E-state index in [1.54, 1.807) is 12.1 Å². The zero-order valence-corrected chi connectivity index (χ0v) is 18.5. The monoisotopic (exact) mass is 464 g/mol. The third-order valence-corrected chi connectivity index (χ3v) is 5.77. The van der Waals surface area contributed by atoms with Gasteiger partial charge in [0.05, 0.1) is 11.2 Å². The largest absolute Gasteiger partial charge is 0.463 e. The molecule has 3 N–H and O–H groups in total. The number of benzene rings is 2. The summed E-state index contributed by atoms with van der Waals surface area (Å²) in [5.74, 6) is 1.10. The van der Waals surface area contributed by atoms with Gasteiger partial charge in [0.2, 0.25) is 5.88 Å². The minimum Gasteiger partial charge on any atom is -0.463 e. The molecule has 0 fully saturated rings. The van der Waals surface area contributed by atoms with Gasteiger partial charge in [0.15, 0.2) is 17.8 Å². The first-order valence-corrected chi connectivity index (χ1v) is 11.1. The molecule has 0 saturated heterocycles. The lowest BCUT2D eigenvalue weighted by Crippen LogP contribution is -2.25. The molecule has 1 aliphatic carbocycles. The summed E-state index contributed by atoms with van der Waals surface area (Å²) < 4.78 is 11.3. The number of aromatic amines is 2. The molecule has 35 heavy (non-hydrogen) atoms. The smallest absolute Gasteiger partial charge is 0.258 e. The van der Waals surface area contributed by atoms with Crippen LogP contribution in [-0.2, 0) is 9.47 Å². The van der Waals surface area contributed by atoms with E-state index in [0.717, 1.165) is 46.1 Å². The molecular formula is C26H20N6O3. The van der Waals surface area contributed by atoms with Crippen LogP contribution >= 0.6 is 0 Å². The van der Waals surface area contributed by atoms with Crippen molar-refractivity contribution < 1.29 is 14.3 Å². The number of allylic oxidation sites excluding steroid dienone is 4. The van der Waals surface area contributed by atoms with Crippen molar-refractivity contribution in [1.82, 2.24) is 30.7 Å². The number of nitrogens with one attached hydrogen (secondary N) is 3. The van der Waals surface area contributed by atoms with Crippen molar-refractivity contribution in [3.63, 3.8) is 0 Å². The number of amides is 1. The summed E-state index contributed by atoms with van der Waals surface area (Å²) in [6, 6.07) is 13.1. The molecule has 0 unspecified atom stereocenters. The molecule has 172 valence electrons. The summed E-state index contributed by atoms with van der Waals surface area (Å²) >= 11 is 0. The number of nitrogens with zero attached hydrogens (tertiary/aromatic N) is 3. The van der Waals surface area contributed by atoms with Gasteiger partial charge >= 0.3 is 0 Å². The molecule has 0 bridgehead atoms. The van der Waals surface area contributed by atoms with Crippen molar-refractivity contribution in [3.8, 4) is 22.6 Å². The minimum absolute atomic E-state index is 0.231. The van der Waals surface area contributed by atoms with Crippen LogP contribution in [0, 0.1) is 0 Å². The number of carbonyl (C=O) groups excluding carboxylic acids is 1. The average molecular weight is 464 g/mol. The van der Waals surface area contributed by atoms with Crippen LogP contribution in [-0.4, -0.2) is 31.3 Å². The SMILES string of the molecule is O=C(NC1=COC=C(C2=CC=CCC2)O1)c1cccc(-c2n[nH]c3ccc(-c4nc[nH]n4)cc23)c1. The molecule has 2 aliphatic rings. The highest BCUT2D eigenvalue weighted by molar-refractivity contribution is 5.99. The van der Waals surface area contributed by atoms with Gasteiger partial charge in [0.25, 0.3) is 5.91 Å². The van der Waals surface area contributed by atoms with Gasteiger partial charge in [0.1, 0.15) is 12.6 Å². The predicted octanol–water partition coefficient (Wildman–Crippen LogP) is 4.71. The highest BCUT2D eigenvalue weighted by atomic mass is 16.6. The number of hydrogen-bond acceptors (Lipinski definition) is 6. The fraction of sp³-hybridized carbons (Fsp3) is 0.0769. The molecule has 1 amide bonds. The molecule has 2 aromatic heterocycles. The Hall–Kier alpha value is -4.92. The van der Waals surface area contributed by atoms with E-state index < -0.39 is 0 Å². The third-order valence-electron chi connectivity index (χ3n) is 5.77. The molecule has 6 rings (SSSR count). The molecule has 0 radical (unpaired) electrons. The Balaban J connectivity index is 1.23. The number of H-pyrrole nitrogens is 2. The zero-order valence-electron chi connectivity index (χ0n) is 18.5. The van der Waals surface area contributed by atoms with Crippen molar-refractivity contribution >= 4 is 16.8 Å². The Morgan fingerprint density at radius 3 is 2.89 bits per heavy atom. The minimum atomic E-state index is -0.318. The maximum absolute atomic E-state index is 13.0. The zero-order chi connectivity index (χ0) is 23.6. The van der Waals surface area contributed by atoms with E-state index in [0.29, 0.717) is 17.1 Å². The molecule has 0 saturated carbocycles. The quantitative estimate of drug-likeness (QED) is 0.394. The van der Waals surface area contributed by atoms with Gasteiger partial charge < -0.3 is 9.47 Å². The Labute approximate surface area is 199 Å². The van der Waals surface area contributed by atoms with Crippen molar-refractivity contribution in [3.05, 3.63) is 102 Å². The lowest BCUT2D eigenvalue weighted by molar-refractivity contribution is 0.0925. The Bertz CT molecular complexity index is 1540. The van der Waals surface area contributed by atoms with Gasteiger partial charge in [-0.25, -0.2) is 4.98 Å². The maximum Gasteiger partial charge on any atom is 0.258 e. The van der Waals surface area contributed by atoms with E-state index in [4.69, 9.17) is 9.47 Å². The van der Waals surface area contributed by atoms with Gasteiger partial charge in [-0.2, -0.15) is 10.2 Å². The summed E-state index contributed by atoms with van der Waals surface area (Å²) in [5.41, 5.74) is 4.74. The molecule has 4 aromatic rings. The molecule has 2 aromatic carbocycles. The highest BCUT2D eigenvalue weighted by Gasteiger charge is 2.18. The van der Waals surface area contributed by atoms with Crippen molar-refractivity contribution in [2.45, 2.75) is 12.8 Å². The van der Waals surface area contributed by atoms with E-state index in [9.17, 15) is 4.79 Å². The Kier molecular flexibility index (Phi) is 5.19. The van der Waals surface area contributed by atoms with E-state index in [1.807, 2.05) is 42.5 Å². The first-order valence-electron chi connectivity index (χ1n) is 11.1. The third kappa shape index (κ3) is 4.10. The van der Waals surface area contributed by atoms with Crippen LogP contribution in [0.4, 0.5) is 0 Å². The molecule has 0 spiro atoms. The molecule has 9 heteroatoms. The first-order chi connectivity index (χ1) is 17.2. The standard InChI is InChI=1S/C26H20N6O3/c33-26(29-23-14-34-13-22(35-23)16-5-2-1-3-6-16)19-8-4-7-17(11-19)24-20-12-18(25-27-15-28-32-25)9-10-21(20)30-31-24/h1-2,4-5,7-15H,3,6H2,(H,29,33)(H,30,31)(H,27,28,32). The number of hydrogen-bond donors (Lipinski definition) is 3. The Morgan fingerprint density at radius 2 is 2.03 bits per heavy atom. The number of fused-ring (bicyclic) bond motifs is 1. The molecule has 9 nitrogen and oxygen atoms in total. The van der Waals surface area contributed by atoms with Gasteiger partial charge in [-0.15, -0.1) is 0 Å². The lowest BCUT2D eigenvalue weighted by Gasteiger charge is -2.19. The molecule has 1 aliphatic heterocycles. The van der Waals surface area contributed by atoms with Gasteiger partial charge in [-0.3, -0.25) is 20.3 Å². The summed E-state index contributed by atoms with van der Waals surface area (Å²) in [5, 5.41) is 18.1. The van der Waals surface area contributed by atoms with E-state index in [1.165, 1.54) is 18.9 Å². The predicted molar refractivity (Wildman–Crippen MR) is 129 cm³/mol. The lowest BCUT2D eigenvalue weighted by atomic mass is 10.0. The normalized spacial score (nSPS) is 15.0. The number of rotatable bonds is 5. The first kappa shape index (κ1) is 20.7. The molecular weight excluding hydrogens is 444 g/mol. The van der Waals surface area contributed by atoms with Crippen LogP contribution < -0.4 is 5.32 Å². The number of carbonyl (C=O) groups is 1. The summed E-state index contributed by atoms with van der Waals surface area (Å²) in [6.45, 7) is 0. The molecule has 0 atom stereocenters. The second-order valence-electron chi connectivity index (χ2n) is 8.05. The second kappa shape index (κ2) is 8.79. The average Bonchev–Trinajstić information content (AvgIpc) is 3.60. The van der Waals surface area contributed by atoms with Gasteiger partial charge in [-0.1, -0.05) is 30.4 Å². The fourth-order valence-corrected chi connectivity index (χ4v) is 4.04. The van der Waals surface area contributed by atoms with Crippen molar-refractivity contribution in [2.75, 3.05) is 0 Å². The van der Waals surface area contributed by atoms with E-state index >= 15 is 0 Å². The topological polar surface area (TPSA) is 118 Å². The van der Waals surface area contributed by atoms with Crippen LogP contribution in [0.15, 0.2) is 96.8 Å².